The predicted octanol–water partition coefficient (Wildman–Crippen LogP) is 3.10. The predicted molar refractivity (Wildman–Crippen MR) is 78.8 cm³/mol. The summed E-state index contributed by atoms with van der Waals surface area (Å²) in [5.74, 6) is 1.63. The maximum Gasteiger partial charge on any atom is 0.246 e. The lowest BCUT2D eigenvalue weighted by atomic mass is 10.2. The van der Waals surface area contributed by atoms with Crippen LogP contribution in [0.15, 0.2) is 41.2 Å². The average Bonchev–Trinajstić information content (AvgIpc) is 2.94. The molecule has 7 heteroatoms. The summed E-state index contributed by atoms with van der Waals surface area (Å²) >= 11 is 5.94. The molecule has 0 aliphatic heterocycles. The average molecular weight is 302 g/mol. The number of aryl methyl sites for hydroxylation is 1. The van der Waals surface area contributed by atoms with Gasteiger partial charge in [-0.25, -0.2) is 4.98 Å². The molecule has 3 rings (SSSR count). The zero-order valence-electron chi connectivity index (χ0n) is 11.2. The summed E-state index contributed by atoms with van der Waals surface area (Å²) in [5, 5.41) is 7.65. The maximum atomic E-state index is 5.94. The molecule has 6 nitrogen and oxygen atoms in total. The fourth-order valence-corrected chi connectivity index (χ4v) is 1.98. The first-order chi connectivity index (χ1) is 10.2. The largest absolute Gasteiger partial charge is 0.360 e. The standard InChI is InChI=1S/C14H12ClN5O/c1-9-6-16-7-12(18-9)17-8-13-19-14(20-21-13)10-3-2-4-11(15)5-10/h2-7H,8H2,1H3,(H,17,18). The van der Waals surface area contributed by atoms with Crippen molar-refractivity contribution in [2.24, 2.45) is 0 Å². The summed E-state index contributed by atoms with van der Waals surface area (Å²) < 4.78 is 5.20. The quantitative estimate of drug-likeness (QED) is 0.798. The minimum atomic E-state index is 0.381. The minimum absolute atomic E-state index is 0.381. The Morgan fingerprint density at radius 2 is 2.14 bits per heavy atom. The van der Waals surface area contributed by atoms with Crippen molar-refractivity contribution in [3.8, 4) is 11.4 Å². The number of aromatic nitrogens is 4. The lowest BCUT2D eigenvalue weighted by molar-refractivity contribution is 0.384. The molecule has 2 heterocycles. The molecule has 0 bridgehead atoms. The SMILES string of the molecule is Cc1cncc(NCc2nc(-c3cccc(Cl)c3)no2)n1. The van der Waals surface area contributed by atoms with Crippen LogP contribution >= 0.6 is 11.6 Å². The topological polar surface area (TPSA) is 76.7 Å². The lowest BCUT2D eigenvalue weighted by Gasteiger charge is -2.01. The number of nitrogens with zero attached hydrogens (tertiary/aromatic N) is 4. The molecule has 0 atom stereocenters. The number of hydrogen-bond donors (Lipinski definition) is 1. The van der Waals surface area contributed by atoms with Crippen molar-refractivity contribution in [3.05, 3.63) is 53.3 Å². The van der Waals surface area contributed by atoms with Gasteiger partial charge >= 0.3 is 0 Å². The molecule has 0 saturated heterocycles. The van der Waals surface area contributed by atoms with Gasteiger partial charge in [0.05, 0.1) is 18.4 Å². The van der Waals surface area contributed by atoms with Crippen molar-refractivity contribution < 1.29 is 4.52 Å². The molecule has 1 aromatic carbocycles. The lowest BCUT2D eigenvalue weighted by Crippen LogP contribution is -2.02. The van der Waals surface area contributed by atoms with Gasteiger partial charge in [0.1, 0.15) is 5.82 Å². The van der Waals surface area contributed by atoms with E-state index in [1.54, 1.807) is 24.5 Å². The van der Waals surface area contributed by atoms with Crippen molar-refractivity contribution in [2.45, 2.75) is 13.5 Å². The van der Waals surface area contributed by atoms with Crippen LogP contribution in [0.4, 0.5) is 5.82 Å². The van der Waals surface area contributed by atoms with Gasteiger partial charge in [-0.3, -0.25) is 4.98 Å². The Hall–Kier alpha value is -2.47. The summed E-state index contributed by atoms with van der Waals surface area (Å²) in [6.45, 7) is 2.26. The number of anilines is 1. The second-order valence-electron chi connectivity index (χ2n) is 4.42. The number of hydrogen-bond acceptors (Lipinski definition) is 6. The fraction of sp³-hybridized carbons (Fsp3) is 0.143. The third-order valence-electron chi connectivity index (χ3n) is 2.73. The molecule has 0 saturated carbocycles. The van der Waals surface area contributed by atoms with Crippen LogP contribution in [0.3, 0.4) is 0 Å². The molecule has 0 aliphatic carbocycles. The van der Waals surface area contributed by atoms with Gasteiger partial charge in [-0.05, 0) is 19.1 Å². The van der Waals surface area contributed by atoms with Crippen LogP contribution in [0.5, 0.6) is 0 Å². The molecule has 0 radical (unpaired) electrons. The molecule has 1 N–H and O–H groups in total. The Morgan fingerprint density at radius 1 is 1.24 bits per heavy atom. The monoisotopic (exact) mass is 301 g/mol. The van der Waals surface area contributed by atoms with Gasteiger partial charge in [0.2, 0.25) is 11.7 Å². The van der Waals surface area contributed by atoms with Crippen molar-refractivity contribution in [3.63, 3.8) is 0 Å². The second kappa shape index (κ2) is 5.88. The van der Waals surface area contributed by atoms with Gasteiger partial charge in [0.15, 0.2) is 0 Å². The van der Waals surface area contributed by atoms with Gasteiger partial charge in [-0.1, -0.05) is 28.9 Å². The first kappa shape index (κ1) is 13.5. The van der Waals surface area contributed by atoms with E-state index in [-0.39, 0.29) is 0 Å². The highest BCUT2D eigenvalue weighted by atomic mass is 35.5. The van der Waals surface area contributed by atoms with Crippen LogP contribution in [-0.2, 0) is 6.54 Å². The van der Waals surface area contributed by atoms with Gasteiger partial charge in [-0.15, -0.1) is 0 Å². The minimum Gasteiger partial charge on any atom is -0.360 e. The van der Waals surface area contributed by atoms with Crippen LogP contribution in [0.25, 0.3) is 11.4 Å². The van der Waals surface area contributed by atoms with Crippen LogP contribution in [0, 0.1) is 6.92 Å². The number of halogens is 1. The zero-order chi connectivity index (χ0) is 14.7. The molecule has 2 aromatic heterocycles. The van der Waals surface area contributed by atoms with E-state index in [1.807, 2.05) is 19.1 Å². The number of rotatable bonds is 4. The summed E-state index contributed by atoms with van der Waals surface area (Å²) in [5.41, 5.74) is 1.65. The fourth-order valence-electron chi connectivity index (χ4n) is 1.79. The second-order valence-corrected chi connectivity index (χ2v) is 4.86. The Morgan fingerprint density at radius 3 is 2.95 bits per heavy atom. The van der Waals surface area contributed by atoms with Crippen molar-refractivity contribution in [1.82, 2.24) is 20.1 Å². The summed E-state index contributed by atoms with van der Waals surface area (Å²) in [4.78, 5) is 12.6. The first-order valence-electron chi connectivity index (χ1n) is 6.32. The molecular weight excluding hydrogens is 290 g/mol. The molecule has 0 fully saturated rings. The highest BCUT2D eigenvalue weighted by molar-refractivity contribution is 6.30. The van der Waals surface area contributed by atoms with E-state index in [1.165, 1.54) is 0 Å². The van der Waals surface area contributed by atoms with Crippen LogP contribution < -0.4 is 5.32 Å². The van der Waals surface area contributed by atoms with Gasteiger partial charge in [-0.2, -0.15) is 4.98 Å². The van der Waals surface area contributed by atoms with Crippen molar-refractivity contribution >= 4 is 17.4 Å². The Balaban J connectivity index is 1.71. The third-order valence-corrected chi connectivity index (χ3v) is 2.96. The van der Waals surface area contributed by atoms with E-state index in [0.29, 0.717) is 29.1 Å². The Kier molecular flexibility index (Phi) is 3.79. The van der Waals surface area contributed by atoms with E-state index in [2.05, 4.69) is 25.4 Å². The van der Waals surface area contributed by atoms with Crippen molar-refractivity contribution in [1.29, 1.82) is 0 Å². The Labute approximate surface area is 126 Å². The molecular formula is C14H12ClN5O. The summed E-state index contributed by atoms with van der Waals surface area (Å²) in [7, 11) is 0. The van der Waals surface area contributed by atoms with Gasteiger partial charge in [0.25, 0.3) is 0 Å². The molecule has 0 amide bonds. The molecule has 0 unspecified atom stereocenters. The summed E-state index contributed by atoms with van der Waals surface area (Å²) in [6, 6.07) is 7.30. The van der Waals surface area contributed by atoms with Gasteiger partial charge in [0, 0.05) is 16.8 Å². The molecule has 106 valence electrons. The van der Waals surface area contributed by atoms with E-state index < -0.39 is 0 Å². The van der Waals surface area contributed by atoms with E-state index in [9.17, 15) is 0 Å². The van der Waals surface area contributed by atoms with E-state index in [4.69, 9.17) is 16.1 Å². The van der Waals surface area contributed by atoms with E-state index >= 15 is 0 Å². The number of nitrogens with one attached hydrogen (secondary N) is 1. The third kappa shape index (κ3) is 3.35. The molecule has 3 aromatic rings. The number of benzene rings is 1. The molecule has 0 aliphatic rings. The van der Waals surface area contributed by atoms with Crippen molar-refractivity contribution in [2.75, 3.05) is 5.32 Å². The van der Waals surface area contributed by atoms with E-state index in [0.717, 1.165) is 11.3 Å². The van der Waals surface area contributed by atoms with Crippen LogP contribution in [0.1, 0.15) is 11.6 Å². The smallest absolute Gasteiger partial charge is 0.246 e. The normalized spacial score (nSPS) is 10.6. The molecule has 0 spiro atoms. The highest BCUT2D eigenvalue weighted by Crippen LogP contribution is 2.20. The highest BCUT2D eigenvalue weighted by Gasteiger charge is 2.09. The molecule has 21 heavy (non-hydrogen) atoms. The summed E-state index contributed by atoms with van der Waals surface area (Å²) in [6.07, 6.45) is 3.33. The van der Waals surface area contributed by atoms with Crippen LogP contribution in [0.2, 0.25) is 5.02 Å². The first-order valence-corrected chi connectivity index (χ1v) is 6.69. The van der Waals surface area contributed by atoms with Gasteiger partial charge < -0.3 is 9.84 Å². The van der Waals surface area contributed by atoms with Crippen LogP contribution in [-0.4, -0.2) is 20.1 Å². The zero-order valence-corrected chi connectivity index (χ0v) is 12.0. The maximum absolute atomic E-state index is 5.94. The Bertz CT molecular complexity index is 758.